The van der Waals surface area contributed by atoms with Crippen molar-refractivity contribution in [2.75, 3.05) is 5.32 Å². The summed E-state index contributed by atoms with van der Waals surface area (Å²) >= 11 is 0. The van der Waals surface area contributed by atoms with Crippen molar-refractivity contribution in [1.82, 2.24) is 0 Å². The molecular formula is C14H18ClF3N2O. The van der Waals surface area contributed by atoms with E-state index < -0.39 is 11.7 Å². The van der Waals surface area contributed by atoms with Gasteiger partial charge >= 0.3 is 6.18 Å². The van der Waals surface area contributed by atoms with Crippen LogP contribution in [-0.2, 0) is 11.0 Å². The van der Waals surface area contributed by atoms with Gasteiger partial charge in [-0.05, 0) is 37.5 Å². The Hall–Kier alpha value is -1.27. The highest BCUT2D eigenvalue weighted by Crippen LogP contribution is 2.31. The molecule has 1 aliphatic rings. The monoisotopic (exact) mass is 322 g/mol. The summed E-state index contributed by atoms with van der Waals surface area (Å²) in [6.45, 7) is 0. The van der Waals surface area contributed by atoms with Crippen molar-refractivity contribution in [1.29, 1.82) is 0 Å². The van der Waals surface area contributed by atoms with Gasteiger partial charge in [-0.25, -0.2) is 0 Å². The maximum atomic E-state index is 12.6. The van der Waals surface area contributed by atoms with Gasteiger partial charge in [0.2, 0.25) is 5.91 Å². The molecule has 1 aromatic rings. The molecule has 21 heavy (non-hydrogen) atoms. The molecule has 2 unspecified atom stereocenters. The fraction of sp³-hybridized carbons (Fsp3) is 0.500. The summed E-state index contributed by atoms with van der Waals surface area (Å²) in [5.74, 6) is -0.465. The second kappa shape index (κ2) is 7.13. The summed E-state index contributed by atoms with van der Waals surface area (Å²) in [4.78, 5) is 12.0. The number of hydrogen-bond acceptors (Lipinski definition) is 2. The minimum absolute atomic E-state index is 0. The molecule has 1 amide bonds. The second-order valence-electron chi connectivity index (χ2n) is 5.19. The summed E-state index contributed by atoms with van der Waals surface area (Å²) < 4.78 is 37.7. The standard InChI is InChI=1S/C14H17F3N2O.ClH/c15-14(16,17)10-4-2-6-12(8-10)19-13(20)9-3-1-5-11(18)7-9;/h2,4,6,8-9,11H,1,3,5,7,18H2,(H,19,20);1H. The number of carbonyl (C=O) groups excluding carboxylic acids is 1. The van der Waals surface area contributed by atoms with Gasteiger partial charge in [0.1, 0.15) is 0 Å². The molecule has 3 nitrogen and oxygen atoms in total. The Balaban J connectivity index is 0.00000220. The summed E-state index contributed by atoms with van der Waals surface area (Å²) in [5, 5.41) is 2.55. The molecule has 0 saturated heterocycles. The fourth-order valence-electron chi connectivity index (χ4n) is 2.48. The molecule has 0 spiro atoms. The second-order valence-corrected chi connectivity index (χ2v) is 5.19. The van der Waals surface area contributed by atoms with Gasteiger partial charge in [-0.3, -0.25) is 4.79 Å². The minimum atomic E-state index is -4.41. The molecule has 1 aliphatic carbocycles. The van der Waals surface area contributed by atoms with Crippen molar-refractivity contribution in [2.24, 2.45) is 11.7 Å². The fourth-order valence-corrected chi connectivity index (χ4v) is 2.48. The zero-order chi connectivity index (χ0) is 14.8. The zero-order valence-corrected chi connectivity index (χ0v) is 12.1. The predicted octanol–water partition coefficient (Wildman–Crippen LogP) is 3.58. The Morgan fingerprint density at radius 1 is 1.29 bits per heavy atom. The number of benzene rings is 1. The summed E-state index contributed by atoms with van der Waals surface area (Å²) in [5.41, 5.74) is 5.21. The Bertz CT molecular complexity index is 493. The first kappa shape index (κ1) is 17.8. The largest absolute Gasteiger partial charge is 0.416 e. The molecule has 1 saturated carbocycles. The lowest BCUT2D eigenvalue weighted by atomic mass is 9.85. The highest BCUT2D eigenvalue weighted by molar-refractivity contribution is 5.92. The van der Waals surface area contributed by atoms with Crippen LogP contribution >= 0.6 is 12.4 Å². The molecule has 3 N–H and O–H groups in total. The smallest absolute Gasteiger partial charge is 0.328 e. The molecule has 0 radical (unpaired) electrons. The van der Waals surface area contributed by atoms with Crippen LogP contribution in [0.4, 0.5) is 18.9 Å². The first-order valence-corrected chi connectivity index (χ1v) is 6.60. The third-order valence-corrected chi connectivity index (χ3v) is 3.54. The SMILES string of the molecule is Cl.NC1CCCC(C(=O)Nc2cccc(C(F)(F)F)c2)C1. The minimum Gasteiger partial charge on any atom is -0.328 e. The van der Waals surface area contributed by atoms with Crippen LogP contribution < -0.4 is 11.1 Å². The molecule has 1 aromatic carbocycles. The Morgan fingerprint density at radius 3 is 2.62 bits per heavy atom. The van der Waals surface area contributed by atoms with Crippen LogP contribution in [0.15, 0.2) is 24.3 Å². The highest BCUT2D eigenvalue weighted by atomic mass is 35.5. The van der Waals surface area contributed by atoms with Crippen LogP contribution in [-0.4, -0.2) is 11.9 Å². The van der Waals surface area contributed by atoms with Gasteiger partial charge < -0.3 is 11.1 Å². The van der Waals surface area contributed by atoms with E-state index in [2.05, 4.69) is 5.32 Å². The lowest BCUT2D eigenvalue weighted by Crippen LogP contribution is -2.34. The Morgan fingerprint density at radius 2 is 2.00 bits per heavy atom. The number of amides is 1. The van der Waals surface area contributed by atoms with E-state index in [1.807, 2.05) is 0 Å². The number of nitrogens with one attached hydrogen (secondary N) is 1. The number of nitrogens with two attached hydrogens (primary N) is 1. The topological polar surface area (TPSA) is 55.1 Å². The molecule has 0 heterocycles. The summed E-state index contributed by atoms with van der Waals surface area (Å²) in [6, 6.07) is 4.66. The Labute approximate surface area is 127 Å². The zero-order valence-electron chi connectivity index (χ0n) is 11.3. The van der Waals surface area contributed by atoms with Crippen LogP contribution in [0.25, 0.3) is 0 Å². The first-order chi connectivity index (χ1) is 9.36. The normalized spacial score (nSPS) is 22.3. The number of rotatable bonds is 2. The molecule has 7 heteroatoms. The van der Waals surface area contributed by atoms with E-state index >= 15 is 0 Å². The maximum Gasteiger partial charge on any atom is 0.416 e. The average molecular weight is 323 g/mol. The van der Waals surface area contributed by atoms with Gasteiger partial charge in [-0.1, -0.05) is 12.5 Å². The average Bonchev–Trinajstić information content (AvgIpc) is 2.38. The quantitative estimate of drug-likeness (QED) is 0.874. The Kier molecular flexibility index (Phi) is 6.04. The van der Waals surface area contributed by atoms with Gasteiger partial charge in [-0.2, -0.15) is 13.2 Å². The van der Waals surface area contributed by atoms with Crippen LogP contribution in [0.3, 0.4) is 0 Å². The highest BCUT2D eigenvalue weighted by Gasteiger charge is 2.31. The lowest BCUT2D eigenvalue weighted by molar-refractivity contribution is -0.137. The van der Waals surface area contributed by atoms with E-state index in [1.54, 1.807) is 0 Å². The van der Waals surface area contributed by atoms with Crippen LogP contribution in [0.1, 0.15) is 31.2 Å². The van der Waals surface area contributed by atoms with Crippen LogP contribution in [0, 0.1) is 5.92 Å². The number of halogens is 4. The lowest BCUT2D eigenvalue weighted by Gasteiger charge is -2.25. The third kappa shape index (κ3) is 4.89. The summed E-state index contributed by atoms with van der Waals surface area (Å²) in [6.07, 6.45) is -1.31. The van der Waals surface area contributed by atoms with Gasteiger partial charge in [0.05, 0.1) is 5.56 Å². The van der Waals surface area contributed by atoms with Gasteiger partial charge in [0.15, 0.2) is 0 Å². The van der Waals surface area contributed by atoms with Crippen molar-refractivity contribution in [3.63, 3.8) is 0 Å². The summed E-state index contributed by atoms with van der Waals surface area (Å²) in [7, 11) is 0. The predicted molar refractivity (Wildman–Crippen MR) is 77.3 cm³/mol. The third-order valence-electron chi connectivity index (χ3n) is 3.54. The first-order valence-electron chi connectivity index (χ1n) is 6.60. The van der Waals surface area contributed by atoms with Crippen molar-refractivity contribution < 1.29 is 18.0 Å². The van der Waals surface area contributed by atoms with Gasteiger partial charge in [-0.15, -0.1) is 12.4 Å². The van der Waals surface area contributed by atoms with Crippen molar-refractivity contribution in [3.8, 4) is 0 Å². The van der Waals surface area contributed by atoms with Crippen molar-refractivity contribution >= 4 is 24.0 Å². The number of anilines is 1. The van der Waals surface area contributed by atoms with E-state index in [1.165, 1.54) is 12.1 Å². The molecule has 0 aromatic heterocycles. The molecule has 0 aliphatic heterocycles. The van der Waals surface area contributed by atoms with Gasteiger partial charge in [0.25, 0.3) is 0 Å². The van der Waals surface area contributed by atoms with Crippen LogP contribution in [0.5, 0.6) is 0 Å². The van der Waals surface area contributed by atoms with Crippen molar-refractivity contribution in [3.05, 3.63) is 29.8 Å². The van der Waals surface area contributed by atoms with E-state index in [4.69, 9.17) is 5.73 Å². The van der Waals surface area contributed by atoms with Gasteiger partial charge in [0, 0.05) is 17.6 Å². The molecule has 2 rings (SSSR count). The van der Waals surface area contributed by atoms with E-state index in [-0.39, 0.29) is 36.0 Å². The number of alkyl halides is 3. The molecular weight excluding hydrogens is 305 g/mol. The molecule has 118 valence electrons. The molecule has 1 fully saturated rings. The van der Waals surface area contributed by atoms with E-state index in [0.717, 1.165) is 31.4 Å². The van der Waals surface area contributed by atoms with Crippen molar-refractivity contribution in [2.45, 2.75) is 37.9 Å². The number of hydrogen-bond donors (Lipinski definition) is 2. The van der Waals surface area contributed by atoms with E-state index in [9.17, 15) is 18.0 Å². The molecule has 0 bridgehead atoms. The maximum absolute atomic E-state index is 12.6. The number of carbonyl (C=O) groups is 1. The van der Waals surface area contributed by atoms with Crippen LogP contribution in [0.2, 0.25) is 0 Å². The molecule has 2 atom stereocenters. The van der Waals surface area contributed by atoms with E-state index in [0.29, 0.717) is 6.42 Å².